The quantitative estimate of drug-likeness (QED) is 0.774. The molecule has 0 fully saturated rings. The number of nitrogens with zero attached hydrogens (tertiary/aromatic N) is 2. The number of benzene rings is 1. The third-order valence-corrected chi connectivity index (χ3v) is 1.98. The van der Waals surface area contributed by atoms with Gasteiger partial charge < -0.3 is 10.1 Å². The van der Waals surface area contributed by atoms with Crippen molar-refractivity contribution in [2.75, 3.05) is 18.5 Å². The van der Waals surface area contributed by atoms with Crippen LogP contribution in [0, 0.1) is 0 Å². The minimum Gasteiger partial charge on any atom is -0.492 e. The topological polar surface area (TPSA) is 47.0 Å². The van der Waals surface area contributed by atoms with Gasteiger partial charge in [-0.25, -0.2) is 4.98 Å². The Labute approximate surface area is 94.3 Å². The Morgan fingerprint density at radius 1 is 1.12 bits per heavy atom. The zero-order valence-electron chi connectivity index (χ0n) is 8.84. The average molecular weight is 215 g/mol. The van der Waals surface area contributed by atoms with Gasteiger partial charge in [-0.1, -0.05) is 18.2 Å². The van der Waals surface area contributed by atoms with Gasteiger partial charge in [0, 0.05) is 12.4 Å². The van der Waals surface area contributed by atoms with Crippen LogP contribution in [0.15, 0.2) is 48.9 Å². The molecule has 82 valence electrons. The van der Waals surface area contributed by atoms with Crippen molar-refractivity contribution in [1.82, 2.24) is 9.97 Å². The van der Waals surface area contributed by atoms with E-state index < -0.39 is 0 Å². The molecular formula is C12H13N3O. The first kappa shape index (κ1) is 10.4. The molecule has 1 heterocycles. The Morgan fingerprint density at radius 3 is 2.75 bits per heavy atom. The van der Waals surface area contributed by atoms with Crippen molar-refractivity contribution in [2.24, 2.45) is 0 Å². The fourth-order valence-corrected chi connectivity index (χ4v) is 1.26. The minimum absolute atomic E-state index is 0.598. The number of hydrogen-bond donors (Lipinski definition) is 1. The summed E-state index contributed by atoms with van der Waals surface area (Å²) in [4.78, 5) is 8.05. The van der Waals surface area contributed by atoms with Crippen LogP contribution >= 0.6 is 0 Å². The minimum atomic E-state index is 0.598. The maximum Gasteiger partial charge on any atom is 0.144 e. The Kier molecular flexibility index (Phi) is 3.71. The number of hydrogen-bond acceptors (Lipinski definition) is 4. The monoisotopic (exact) mass is 215 g/mol. The van der Waals surface area contributed by atoms with Gasteiger partial charge in [0.05, 0.1) is 12.7 Å². The van der Waals surface area contributed by atoms with Crippen molar-refractivity contribution in [3.8, 4) is 5.75 Å². The van der Waals surface area contributed by atoms with Gasteiger partial charge >= 0.3 is 0 Å². The second kappa shape index (κ2) is 5.70. The molecule has 2 rings (SSSR count). The maximum absolute atomic E-state index is 5.52. The van der Waals surface area contributed by atoms with Gasteiger partial charge in [-0.3, -0.25) is 4.98 Å². The molecule has 0 aliphatic carbocycles. The van der Waals surface area contributed by atoms with Crippen LogP contribution in [0.4, 0.5) is 5.82 Å². The Morgan fingerprint density at radius 2 is 2.00 bits per heavy atom. The van der Waals surface area contributed by atoms with Crippen LogP contribution in [0.5, 0.6) is 5.75 Å². The van der Waals surface area contributed by atoms with Crippen LogP contribution in [-0.2, 0) is 0 Å². The van der Waals surface area contributed by atoms with E-state index in [4.69, 9.17) is 4.74 Å². The van der Waals surface area contributed by atoms with Crippen LogP contribution in [0.25, 0.3) is 0 Å². The smallest absolute Gasteiger partial charge is 0.144 e. The van der Waals surface area contributed by atoms with E-state index in [1.165, 1.54) is 0 Å². The molecule has 4 heteroatoms. The molecule has 1 aromatic heterocycles. The van der Waals surface area contributed by atoms with Crippen molar-refractivity contribution in [1.29, 1.82) is 0 Å². The highest BCUT2D eigenvalue weighted by atomic mass is 16.5. The van der Waals surface area contributed by atoms with Crippen molar-refractivity contribution >= 4 is 5.82 Å². The van der Waals surface area contributed by atoms with E-state index in [2.05, 4.69) is 15.3 Å². The first-order valence-electron chi connectivity index (χ1n) is 5.13. The highest BCUT2D eigenvalue weighted by Gasteiger charge is 1.93. The first-order valence-corrected chi connectivity index (χ1v) is 5.13. The molecule has 0 spiro atoms. The Balaban J connectivity index is 1.70. The molecule has 1 N–H and O–H groups in total. The lowest BCUT2D eigenvalue weighted by Crippen LogP contribution is -2.12. The predicted octanol–water partition coefficient (Wildman–Crippen LogP) is 1.97. The molecule has 2 aromatic rings. The van der Waals surface area contributed by atoms with Crippen LogP contribution in [0.3, 0.4) is 0 Å². The lowest BCUT2D eigenvalue weighted by Gasteiger charge is -2.07. The number of anilines is 1. The van der Waals surface area contributed by atoms with Gasteiger partial charge in [0.25, 0.3) is 0 Å². The van der Waals surface area contributed by atoms with Gasteiger partial charge in [0.1, 0.15) is 18.2 Å². The largest absolute Gasteiger partial charge is 0.492 e. The maximum atomic E-state index is 5.52. The van der Waals surface area contributed by atoms with Gasteiger partial charge in [0.2, 0.25) is 0 Å². The molecular weight excluding hydrogens is 202 g/mol. The van der Waals surface area contributed by atoms with E-state index in [1.54, 1.807) is 18.6 Å². The van der Waals surface area contributed by atoms with Crippen molar-refractivity contribution in [3.63, 3.8) is 0 Å². The number of para-hydroxylation sites is 1. The molecule has 0 unspecified atom stereocenters. The molecule has 0 radical (unpaired) electrons. The van der Waals surface area contributed by atoms with Crippen molar-refractivity contribution in [2.45, 2.75) is 0 Å². The van der Waals surface area contributed by atoms with E-state index >= 15 is 0 Å². The average Bonchev–Trinajstić information content (AvgIpc) is 2.37. The molecule has 0 aliphatic heterocycles. The standard InChI is InChI=1S/C12H13N3O/c1-2-4-11(5-3-1)16-9-8-15-12-10-13-6-7-14-12/h1-7,10H,8-9H2,(H,14,15). The highest BCUT2D eigenvalue weighted by Crippen LogP contribution is 2.07. The molecule has 0 saturated heterocycles. The summed E-state index contributed by atoms with van der Waals surface area (Å²) in [5.41, 5.74) is 0. The molecule has 0 amide bonds. The summed E-state index contributed by atoms with van der Waals surface area (Å²) in [5, 5.41) is 3.12. The molecule has 0 bridgehead atoms. The third-order valence-electron chi connectivity index (χ3n) is 1.98. The molecule has 0 atom stereocenters. The first-order chi connectivity index (χ1) is 7.95. The predicted molar refractivity (Wildman–Crippen MR) is 62.5 cm³/mol. The molecule has 16 heavy (non-hydrogen) atoms. The number of nitrogens with one attached hydrogen (secondary N) is 1. The number of aromatic nitrogens is 2. The van der Waals surface area contributed by atoms with Gasteiger partial charge in [0.15, 0.2) is 0 Å². The summed E-state index contributed by atoms with van der Waals surface area (Å²) in [6.45, 7) is 1.30. The molecule has 1 aromatic carbocycles. The van der Waals surface area contributed by atoms with E-state index in [9.17, 15) is 0 Å². The van der Waals surface area contributed by atoms with E-state index in [1.807, 2.05) is 30.3 Å². The van der Waals surface area contributed by atoms with Crippen molar-refractivity contribution < 1.29 is 4.74 Å². The molecule has 0 aliphatic rings. The fourth-order valence-electron chi connectivity index (χ4n) is 1.26. The summed E-state index contributed by atoms with van der Waals surface area (Å²) in [5.74, 6) is 1.64. The zero-order valence-corrected chi connectivity index (χ0v) is 8.84. The highest BCUT2D eigenvalue weighted by molar-refractivity contribution is 5.29. The van der Waals surface area contributed by atoms with E-state index in [-0.39, 0.29) is 0 Å². The zero-order chi connectivity index (χ0) is 11.1. The normalized spacial score (nSPS) is 9.75. The summed E-state index contributed by atoms with van der Waals surface area (Å²) in [7, 11) is 0. The van der Waals surface area contributed by atoms with Gasteiger partial charge in [-0.05, 0) is 12.1 Å². The number of ether oxygens (including phenoxy) is 1. The van der Waals surface area contributed by atoms with Crippen LogP contribution in [0.1, 0.15) is 0 Å². The molecule has 0 saturated carbocycles. The third kappa shape index (κ3) is 3.24. The summed E-state index contributed by atoms with van der Waals surface area (Å²) in [6, 6.07) is 9.73. The van der Waals surface area contributed by atoms with E-state index in [0.29, 0.717) is 13.2 Å². The fraction of sp³-hybridized carbons (Fsp3) is 0.167. The SMILES string of the molecule is c1ccc(OCCNc2cnccn2)cc1. The van der Waals surface area contributed by atoms with Gasteiger partial charge in [-0.2, -0.15) is 0 Å². The van der Waals surface area contributed by atoms with Crippen LogP contribution in [-0.4, -0.2) is 23.1 Å². The van der Waals surface area contributed by atoms with Gasteiger partial charge in [-0.15, -0.1) is 0 Å². The van der Waals surface area contributed by atoms with E-state index in [0.717, 1.165) is 11.6 Å². The second-order valence-electron chi connectivity index (χ2n) is 3.18. The lowest BCUT2D eigenvalue weighted by molar-refractivity contribution is 0.333. The lowest BCUT2D eigenvalue weighted by atomic mass is 10.3. The summed E-state index contributed by atoms with van der Waals surface area (Å²) < 4.78 is 5.52. The Bertz CT molecular complexity index is 364. The van der Waals surface area contributed by atoms with Crippen molar-refractivity contribution in [3.05, 3.63) is 48.9 Å². The second-order valence-corrected chi connectivity index (χ2v) is 3.18. The Hall–Kier alpha value is -2.10. The van der Waals surface area contributed by atoms with Crippen LogP contribution < -0.4 is 10.1 Å². The summed E-state index contributed by atoms with van der Waals surface area (Å²) >= 11 is 0. The molecule has 4 nitrogen and oxygen atoms in total. The summed E-state index contributed by atoms with van der Waals surface area (Å²) in [6.07, 6.45) is 4.98. The number of rotatable bonds is 5. The van der Waals surface area contributed by atoms with Crippen LogP contribution in [0.2, 0.25) is 0 Å².